The van der Waals surface area contributed by atoms with Crippen LogP contribution < -0.4 is 15.2 Å². The number of nitrogen functional groups attached to an aromatic ring is 1. The number of aromatic nitrogens is 1. The molecule has 3 rings (SSSR count). The van der Waals surface area contributed by atoms with E-state index in [-0.39, 0.29) is 16.8 Å². The molecule has 0 saturated heterocycles. The molecule has 1 aromatic heterocycles. The van der Waals surface area contributed by atoms with E-state index in [4.69, 9.17) is 10.5 Å². The minimum absolute atomic E-state index is 0.168. The molecule has 3 aromatic rings. The average Bonchev–Trinajstić information content (AvgIpc) is 3.01. The Hall–Kier alpha value is -2.91. The van der Waals surface area contributed by atoms with Crippen molar-refractivity contribution in [2.75, 3.05) is 10.5 Å². The molecule has 9 heteroatoms. The number of carbonyl (C=O) groups excluding carboxylic acids is 1. The van der Waals surface area contributed by atoms with Gasteiger partial charge in [0.25, 0.3) is 10.0 Å². The molecule has 0 aliphatic rings. The van der Waals surface area contributed by atoms with Crippen molar-refractivity contribution in [2.45, 2.75) is 32.6 Å². The highest BCUT2D eigenvalue weighted by Crippen LogP contribution is 2.33. The van der Waals surface area contributed by atoms with Gasteiger partial charge in [-0.25, -0.2) is 13.4 Å². The van der Waals surface area contributed by atoms with Crippen molar-refractivity contribution in [3.05, 3.63) is 53.7 Å². The summed E-state index contributed by atoms with van der Waals surface area (Å²) >= 11 is 1.31. The maximum Gasteiger partial charge on any atom is 0.313 e. The second-order valence-electron chi connectivity index (χ2n) is 7.15. The lowest BCUT2D eigenvalue weighted by atomic mass is 10.1. The summed E-state index contributed by atoms with van der Waals surface area (Å²) in [5, 5.41) is 0.434. The van der Waals surface area contributed by atoms with Crippen LogP contribution in [0.2, 0.25) is 0 Å². The maximum atomic E-state index is 13.0. The normalized spacial score (nSPS) is 11.5. The van der Waals surface area contributed by atoms with Gasteiger partial charge in [-0.1, -0.05) is 37.3 Å². The number of esters is 1. The molecule has 158 valence electrons. The average molecular weight is 446 g/mol. The highest BCUT2D eigenvalue weighted by molar-refractivity contribution is 7.92. The first-order valence-electron chi connectivity index (χ1n) is 9.25. The van der Waals surface area contributed by atoms with Crippen molar-refractivity contribution in [2.24, 2.45) is 5.92 Å². The van der Waals surface area contributed by atoms with Crippen molar-refractivity contribution in [3.8, 4) is 16.2 Å². The van der Waals surface area contributed by atoms with Crippen molar-refractivity contribution in [3.63, 3.8) is 0 Å². The minimum Gasteiger partial charge on any atom is -0.426 e. The van der Waals surface area contributed by atoms with Crippen LogP contribution in [0.3, 0.4) is 0 Å². The van der Waals surface area contributed by atoms with Gasteiger partial charge in [-0.3, -0.25) is 9.52 Å². The van der Waals surface area contributed by atoms with E-state index >= 15 is 0 Å². The molecule has 0 atom stereocenters. The Labute approximate surface area is 180 Å². The predicted octanol–water partition coefficient (Wildman–Crippen LogP) is 4.37. The van der Waals surface area contributed by atoms with Crippen LogP contribution in [0.25, 0.3) is 10.4 Å². The van der Waals surface area contributed by atoms with Gasteiger partial charge in [-0.05, 0) is 55.3 Å². The minimum atomic E-state index is -3.83. The second-order valence-corrected chi connectivity index (χ2v) is 9.83. The number of anilines is 2. The molecule has 0 aliphatic carbocycles. The summed E-state index contributed by atoms with van der Waals surface area (Å²) in [4.78, 5) is 16.9. The number of rotatable bonds is 6. The molecule has 0 fully saturated rings. The van der Waals surface area contributed by atoms with Gasteiger partial charge in [-0.2, -0.15) is 0 Å². The first-order valence-corrected chi connectivity index (χ1v) is 11.6. The summed E-state index contributed by atoms with van der Waals surface area (Å²) < 4.78 is 33.8. The molecule has 0 bridgehead atoms. The molecule has 0 aliphatic heterocycles. The van der Waals surface area contributed by atoms with E-state index in [2.05, 4.69) is 9.71 Å². The first kappa shape index (κ1) is 21.8. The van der Waals surface area contributed by atoms with Gasteiger partial charge in [0.15, 0.2) is 5.13 Å². The quantitative estimate of drug-likeness (QED) is 0.430. The van der Waals surface area contributed by atoms with Crippen LogP contribution in [0.15, 0.2) is 47.4 Å². The number of ether oxygens (including phenoxy) is 1. The number of hydrogen-bond donors (Lipinski definition) is 2. The van der Waals surface area contributed by atoms with E-state index in [1.807, 2.05) is 13.0 Å². The molecule has 0 saturated carbocycles. The van der Waals surface area contributed by atoms with Crippen LogP contribution in [0.1, 0.15) is 25.1 Å². The monoisotopic (exact) mass is 445 g/mol. The Morgan fingerprint density at radius 2 is 1.80 bits per heavy atom. The van der Waals surface area contributed by atoms with Gasteiger partial charge >= 0.3 is 5.97 Å². The molecule has 0 spiro atoms. The van der Waals surface area contributed by atoms with Crippen LogP contribution in [-0.2, 0) is 14.8 Å². The van der Waals surface area contributed by atoms with E-state index in [1.165, 1.54) is 11.3 Å². The summed E-state index contributed by atoms with van der Waals surface area (Å²) in [5.41, 5.74) is 8.25. The fourth-order valence-corrected chi connectivity index (χ4v) is 4.91. The van der Waals surface area contributed by atoms with Crippen molar-refractivity contribution in [1.82, 2.24) is 4.98 Å². The number of benzene rings is 2. The number of carbonyl (C=O) groups is 1. The van der Waals surface area contributed by atoms with Crippen molar-refractivity contribution in [1.29, 1.82) is 0 Å². The van der Waals surface area contributed by atoms with Gasteiger partial charge < -0.3 is 10.5 Å². The number of aryl methyl sites for hydroxylation is 2. The molecular formula is C21H23N3O4S2. The standard InChI is InChI=1S/C21H23N3O4S2/c1-12(2)20(25)28-17-9-7-16(8-10-17)24-30(26,27)18-11-15(6-5-13(18)3)19-14(4)23-21(22)29-19/h5-12,24H,1-4H3,(H2,22,23). The highest BCUT2D eigenvalue weighted by Gasteiger charge is 2.20. The summed E-state index contributed by atoms with van der Waals surface area (Å²) in [6.07, 6.45) is 0. The van der Waals surface area contributed by atoms with E-state index in [0.717, 1.165) is 16.1 Å². The largest absolute Gasteiger partial charge is 0.426 e. The van der Waals surface area contributed by atoms with Gasteiger partial charge in [0.2, 0.25) is 0 Å². The third-order valence-electron chi connectivity index (χ3n) is 4.35. The number of nitrogens with zero attached hydrogens (tertiary/aromatic N) is 1. The van der Waals surface area contributed by atoms with Crippen LogP contribution >= 0.6 is 11.3 Å². The summed E-state index contributed by atoms with van der Waals surface area (Å²) in [5.74, 6) is -0.251. The van der Waals surface area contributed by atoms with E-state index in [0.29, 0.717) is 22.1 Å². The number of nitrogens with two attached hydrogens (primary N) is 1. The molecule has 1 heterocycles. The molecule has 0 radical (unpaired) electrons. The molecule has 3 N–H and O–H groups in total. The van der Waals surface area contributed by atoms with E-state index < -0.39 is 10.0 Å². The third kappa shape index (κ3) is 4.80. The zero-order valence-corrected chi connectivity index (χ0v) is 18.7. The first-order chi connectivity index (χ1) is 14.1. The molecular weight excluding hydrogens is 422 g/mol. The lowest BCUT2D eigenvalue weighted by Gasteiger charge is -2.13. The summed E-state index contributed by atoms with van der Waals surface area (Å²) in [7, 11) is -3.83. The third-order valence-corrected chi connectivity index (χ3v) is 6.91. The second kappa shape index (κ2) is 8.45. The molecule has 0 unspecified atom stereocenters. The van der Waals surface area contributed by atoms with Crippen molar-refractivity contribution >= 4 is 38.1 Å². The van der Waals surface area contributed by atoms with Crippen molar-refractivity contribution < 1.29 is 17.9 Å². The van der Waals surface area contributed by atoms with Gasteiger partial charge in [0, 0.05) is 5.69 Å². The molecule has 30 heavy (non-hydrogen) atoms. The fraction of sp³-hybridized carbons (Fsp3) is 0.238. The highest BCUT2D eigenvalue weighted by atomic mass is 32.2. The Morgan fingerprint density at radius 1 is 1.13 bits per heavy atom. The van der Waals surface area contributed by atoms with Gasteiger partial charge in [0.1, 0.15) is 5.75 Å². The number of hydrogen-bond acceptors (Lipinski definition) is 7. The number of nitrogens with one attached hydrogen (secondary N) is 1. The number of sulfonamides is 1. The topological polar surface area (TPSA) is 111 Å². The van der Waals surface area contributed by atoms with E-state index in [9.17, 15) is 13.2 Å². The summed E-state index contributed by atoms with van der Waals surface area (Å²) in [6, 6.07) is 11.4. The van der Waals surface area contributed by atoms with E-state index in [1.54, 1.807) is 57.2 Å². The Bertz CT molecular complexity index is 1180. The van der Waals surface area contributed by atoms with Crippen LogP contribution in [0.4, 0.5) is 10.8 Å². The maximum absolute atomic E-state index is 13.0. The molecule has 2 aromatic carbocycles. The van der Waals surface area contributed by atoms with Crippen LogP contribution in [0, 0.1) is 19.8 Å². The van der Waals surface area contributed by atoms with Crippen LogP contribution in [-0.4, -0.2) is 19.4 Å². The number of thiazole rings is 1. The summed E-state index contributed by atoms with van der Waals surface area (Å²) in [6.45, 7) is 7.05. The Morgan fingerprint density at radius 3 is 2.37 bits per heavy atom. The fourth-order valence-electron chi connectivity index (χ4n) is 2.75. The van der Waals surface area contributed by atoms with Gasteiger partial charge in [-0.15, -0.1) is 0 Å². The zero-order valence-electron chi connectivity index (χ0n) is 17.1. The lowest BCUT2D eigenvalue weighted by Crippen LogP contribution is -2.15. The zero-order chi connectivity index (χ0) is 22.1. The van der Waals surface area contributed by atoms with Crippen LogP contribution in [0.5, 0.6) is 5.75 Å². The smallest absolute Gasteiger partial charge is 0.313 e. The Balaban J connectivity index is 1.86. The predicted molar refractivity (Wildman–Crippen MR) is 119 cm³/mol. The van der Waals surface area contributed by atoms with Gasteiger partial charge in [0.05, 0.1) is 21.4 Å². The Kier molecular flexibility index (Phi) is 6.14. The molecule has 7 nitrogen and oxygen atoms in total. The SMILES string of the molecule is Cc1ccc(-c2sc(N)nc2C)cc1S(=O)(=O)Nc1ccc(OC(=O)C(C)C)cc1. The molecule has 0 amide bonds. The lowest BCUT2D eigenvalue weighted by molar-refractivity contribution is -0.137.